The summed E-state index contributed by atoms with van der Waals surface area (Å²) in [5.41, 5.74) is 1.20. The first kappa shape index (κ1) is 14.8. The normalized spacial score (nSPS) is 33.5. The van der Waals surface area contributed by atoms with Crippen molar-refractivity contribution in [3.63, 3.8) is 0 Å². The minimum absolute atomic E-state index is 0.0223. The summed E-state index contributed by atoms with van der Waals surface area (Å²) in [5, 5.41) is 2.88. The van der Waals surface area contributed by atoms with Crippen molar-refractivity contribution in [2.75, 3.05) is 6.54 Å². The molecule has 7 heteroatoms. The van der Waals surface area contributed by atoms with Gasteiger partial charge in [0.05, 0.1) is 0 Å². The van der Waals surface area contributed by atoms with Crippen molar-refractivity contribution in [1.29, 1.82) is 0 Å². The summed E-state index contributed by atoms with van der Waals surface area (Å²) in [7, 11) is 0. The predicted molar refractivity (Wildman–Crippen MR) is 72.1 cm³/mol. The maximum Gasteiger partial charge on any atom is 0.325 e. The number of hydrogen-bond donors (Lipinski definition) is 3. The smallest absolute Gasteiger partial charge is 0.323 e. The second kappa shape index (κ2) is 5.40. The third-order valence-electron chi connectivity index (χ3n) is 4.71. The fraction of sp³-hybridized carbons (Fsp3) is 0.769. The predicted octanol–water partition coefficient (Wildman–Crippen LogP) is 0.113. The van der Waals surface area contributed by atoms with Crippen LogP contribution < -0.4 is 16.6 Å². The molecule has 1 spiro atoms. The van der Waals surface area contributed by atoms with Gasteiger partial charge in [0, 0.05) is 13.0 Å². The van der Waals surface area contributed by atoms with E-state index >= 15 is 0 Å². The molecule has 0 aromatic carbocycles. The van der Waals surface area contributed by atoms with Gasteiger partial charge < -0.3 is 5.32 Å². The van der Waals surface area contributed by atoms with Crippen LogP contribution in [0.3, 0.4) is 0 Å². The highest BCUT2D eigenvalue weighted by Gasteiger charge is 2.58. The topological polar surface area (TPSA) is 105 Å². The highest BCUT2D eigenvalue weighted by atomic mass is 16.2. The van der Waals surface area contributed by atoms with Gasteiger partial charge in [-0.25, -0.2) is 10.6 Å². The molecule has 0 bridgehead atoms. The van der Waals surface area contributed by atoms with Gasteiger partial charge in [-0.2, -0.15) is 0 Å². The molecule has 4 amide bonds. The van der Waals surface area contributed by atoms with Crippen LogP contribution in [-0.2, 0) is 9.59 Å². The SMILES string of the molecule is CC1CCCC(C)C12NC(=O)N(CCC(=O)NN)C2=O. The van der Waals surface area contributed by atoms with Crippen LogP contribution in [0.1, 0.15) is 39.5 Å². The number of nitrogens with zero attached hydrogens (tertiary/aromatic N) is 1. The molecule has 2 atom stereocenters. The third kappa shape index (κ3) is 2.15. The lowest BCUT2D eigenvalue weighted by Gasteiger charge is -2.42. The average molecular weight is 282 g/mol. The molecule has 0 aromatic rings. The average Bonchev–Trinajstić information content (AvgIpc) is 2.67. The summed E-state index contributed by atoms with van der Waals surface area (Å²) in [5.74, 6) is 4.62. The number of rotatable bonds is 3. The number of imide groups is 1. The second-order valence-electron chi connectivity index (χ2n) is 5.81. The van der Waals surface area contributed by atoms with Crippen molar-refractivity contribution < 1.29 is 14.4 Å². The summed E-state index contributed by atoms with van der Waals surface area (Å²) in [6, 6.07) is -0.402. The molecule has 0 radical (unpaired) electrons. The first-order valence-corrected chi connectivity index (χ1v) is 7.07. The summed E-state index contributed by atoms with van der Waals surface area (Å²) >= 11 is 0. The standard InChI is InChI=1S/C13H22N4O3/c1-8-4-3-5-9(2)13(8)11(19)17(12(20)15-13)7-6-10(18)16-14/h8-9H,3-7,14H2,1-2H3,(H,15,20)(H,16,18). The molecule has 1 saturated carbocycles. The van der Waals surface area contributed by atoms with Crippen LogP contribution in [0.4, 0.5) is 4.79 Å². The van der Waals surface area contributed by atoms with E-state index in [1.165, 1.54) is 0 Å². The molecular weight excluding hydrogens is 260 g/mol. The molecule has 2 rings (SSSR count). The zero-order valence-corrected chi connectivity index (χ0v) is 11.9. The number of amides is 4. The molecule has 2 aliphatic rings. The summed E-state index contributed by atoms with van der Waals surface area (Å²) < 4.78 is 0. The Bertz CT molecular complexity index is 427. The van der Waals surface area contributed by atoms with Crippen molar-refractivity contribution in [3.05, 3.63) is 0 Å². The Kier molecular flexibility index (Phi) is 3.99. The highest BCUT2D eigenvalue weighted by Crippen LogP contribution is 2.42. The van der Waals surface area contributed by atoms with E-state index in [1.807, 2.05) is 19.3 Å². The summed E-state index contributed by atoms with van der Waals surface area (Å²) in [6.07, 6.45) is 2.94. The molecular formula is C13H22N4O3. The minimum Gasteiger partial charge on any atom is -0.323 e. The molecule has 4 N–H and O–H groups in total. The van der Waals surface area contributed by atoms with Gasteiger partial charge in [0.15, 0.2) is 0 Å². The van der Waals surface area contributed by atoms with Crippen LogP contribution in [0.15, 0.2) is 0 Å². The minimum atomic E-state index is -0.797. The number of hydrogen-bond acceptors (Lipinski definition) is 4. The van der Waals surface area contributed by atoms with Crippen molar-refractivity contribution in [2.45, 2.75) is 45.1 Å². The Hall–Kier alpha value is -1.63. The van der Waals surface area contributed by atoms with Crippen molar-refractivity contribution in [1.82, 2.24) is 15.6 Å². The number of hydrazine groups is 1. The van der Waals surface area contributed by atoms with Gasteiger partial charge in [-0.15, -0.1) is 0 Å². The van der Waals surface area contributed by atoms with Gasteiger partial charge in [0.1, 0.15) is 5.54 Å². The molecule has 1 aliphatic heterocycles. The van der Waals surface area contributed by atoms with Crippen molar-refractivity contribution in [3.8, 4) is 0 Å². The quantitative estimate of drug-likeness (QED) is 0.296. The largest absolute Gasteiger partial charge is 0.325 e. The van der Waals surface area contributed by atoms with Gasteiger partial charge in [0.2, 0.25) is 5.91 Å². The van der Waals surface area contributed by atoms with Gasteiger partial charge in [-0.3, -0.25) is 19.9 Å². The molecule has 1 saturated heterocycles. The van der Waals surface area contributed by atoms with Crippen molar-refractivity contribution in [2.24, 2.45) is 17.7 Å². The third-order valence-corrected chi connectivity index (χ3v) is 4.71. The first-order valence-electron chi connectivity index (χ1n) is 7.07. The number of carbonyl (C=O) groups excluding carboxylic acids is 3. The molecule has 1 aliphatic carbocycles. The molecule has 0 aromatic heterocycles. The Morgan fingerprint density at radius 3 is 2.55 bits per heavy atom. The monoisotopic (exact) mass is 282 g/mol. The summed E-state index contributed by atoms with van der Waals surface area (Å²) in [6.45, 7) is 4.07. The molecule has 20 heavy (non-hydrogen) atoms. The van der Waals surface area contributed by atoms with E-state index in [1.54, 1.807) is 0 Å². The summed E-state index contributed by atoms with van der Waals surface area (Å²) in [4.78, 5) is 37.1. The molecule has 112 valence electrons. The van der Waals surface area contributed by atoms with Crippen LogP contribution in [0.25, 0.3) is 0 Å². The lowest BCUT2D eigenvalue weighted by Crippen LogP contribution is -2.58. The highest BCUT2D eigenvalue weighted by molar-refractivity contribution is 6.07. The lowest BCUT2D eigenvalue weighted by molar-refractivity contribution is -0.136. The zero-order valence-electron chi connectivity index (χ0n) is 11.9. The van der Waals surface area contributed by atoms with Crippen LogP contribution in [-0.4, -0.2) is 34.8 Å². The van der Waals surface area contributed by atoms with Gasteiger partial charge in [0.25, 0.3) is 5.91 Å². The van der Waals surface area contributed by atoms with E-state index in [4.69, 9.17) is 5.84 Å². The Balaban J connectivity index is 2.17. The molecule has 7 nitrogen and oxygen atoms in total. The van der Waals surface area contributed by atoms with Crippen LogP contribution in [0.2, 0.25) is 0 Å². The fourth-order valence-electron chi connectivity index (χ4n) is 3.44. The van der Waals surface area contributed by atoms with Crippen LogP contribution in [0, 0.1) is 11.8 Å². The van der Waals surface area contributed by atoms with Gasteiger partial charge in [-0.05, 0) is 24.7 Å². The van der Waals surface area contributed by atoms with E-state index in [2.05, 4.69) is 5.32 Å². The fourth-order valence-corrected chi connectivity index (χ4v) is 3.44. The lowest BCUT2D eigenvalue weighted by atomic mass is 9.67. The molecule has 2 unspecified atom stereocenters. The van der Waals surface area contributed by atoms with E-state index in [0.717, 1.165) is 24.2 Å². The first-order chi connectivity index (χ1) is 9.43. The number of nitrogens with two attached hydrogens (primary N) is 1. The van der Waals surface area contributed by atoms with Crippen molar-refractivity contribution >= 4 is 17.8 Å². The zero-order chi connectivity index (χ0) is 14.9. The number of carbonyl (C=O) groups is 3. The maximum atomic E-state index is 12.7. The number of nitrogens with one attached hydrogen (secondary N) is 2. The van der Waals surface area contributed by atoms with E-state index < -0.39 is 17.5 Å². The Labute approximate surface area is 118 Å². The molecule has 2 fully saturated rings. The Morgan fingerprint density at radius 2 is 2.00 bits per heavy atom. The van der Waals surface area contributed by atoms with Crippen LogP contribution in [0.5, 0.6) is 0 Å². The van der Waals surface area contributed by atoms with E-state index in [9.17, 15) is 14.4 Å². The van der Waals surface area contributed by atoms with Gasteiger partial charge in [-0.1, -0.05) is 20.3 Å². The number of urea groups is 1. The van der Waals surface area contributed by atoms with E-state index in [-0.39, 0.29) is 30.7 Å². The maximum absolute atomic E-state index is 12.7. The molecule has 1 heterocycles. The van der Waals surface area contributed by atoms with E-state index in [0.29, 0.717) is 0 Å². The Morgan fingerprint density at radius 1 is 1.40 bits per heavy atom. The second-order valence-corrected chi connectivity index (χ2v) is 5.81. The van der Waals surface area contributed by atoms with Gasteiger partial charge >= 0.3 is 6.03 Å². The van der Waals surface area contributed by atoms with Crippen LogP contribution >= 0.6 is 0 Å².